The minimum Gasteiger partial charge on any atom is -0.362 e. The maximum atomic E-state index is 13.6. The molecule has 9 heteroatoms. The molecule has 3 rings (SSSR count). The number of rotatable bonds is 2. The van der Waals surface area contributed by atoms with Gasteiger partial charge in [0.05, 0.1) is 12.1 Å². The van der Waals surface area contributed by atoms with Gasteiger partial charge in [-0.15, -0.1) is 0 Å². The van der Waals surface area contributed by atoms with E-state index in [2.05, 4.69) is 21.0 Å². The Labute approximate surface area is 160 Å². The molecule has 26 heavy (non-hydrogen) atoms. The van der Waals surface area contributed by atoms with Crippen LogP contribution in [0.2, 0.25) is 5.02 Å². The summed E-state index contributed by atoms with van der Waals surface area (Å²) in [6, 6.07) is 11.8. The Morgan fingerprint density at radius 3 is 2.46 bits per heavy atom. The molecule has 136 valence electrons. The van der Waals surface area contributed by atoms with Crippen molar-refractivity contribution in [3.05, 3.63) is 69.2 Å². The number of carbonyl (C=O) groups excluding carboxylic acids is 1. The fourth-order valence-corrected chi connectivity index (χ4v) is 2.98. The van der Waals surface area contributed by atoms with E-state index in [0.29, 0.717) is 5.56 Å². The van der Waals surface area contributed by atoms with E-state index in [1.54, 1.807) is 24.3 Å². The smallest absolute Gasteiger partial charge is 0.362 e. The maximum absolute atomic E-state index is 13.6. The molecule has 0 unspecified atom stereocenters. The second kappa shape index (κ2) is 6.68. The lowest BCUT2D eigenvalue weighted by atomic mass is 10.0. The quantitative estimate of drug-likeness (QED) is 0.731. The number of alkyl halides is 3. The maximum Gasteiger partial charge on any atom is 0.438 e. The number of carbonyl (C=O) groups is 1. The van der Waals surface area contributed by atoms with E-state index in [-0.39, 0.29) is 21.3 Å². The largest absolute Gasteiger partial charge is 0.438 e. The highest BCUT2D eigenvalue weighted by atomic mass is 79.9. The Bertz CT molecular complexity index is 886. The highest BCUT2D eigenvalue weighted by Crippen LogP contribution is 2.42. The molecule has 0 aromatic heterocycles. The second-order valence-corrected chi connectivity index (χ2v) is 7.02. The topological polar surface area (TPSA) is 52.9 Å². The van der Waals surface area contributed by atoms with Crippen LogP contribution in [0.5, 0.6) is 0 Å². The SMILES string of the molecule is O=C(c1cccc(Cl)c1)N1N=C(c2ccc(Br)cc2)C[C@]1(O)C(F)(F)F. The fraction of sp³-hybridized carbons (Fsp3) is 0.176. The van der Waals surface area contributed by atoms with Gasteiger partial charge in [0.1, 0.15) is 0 Å². The van der Waals surface area contributed by atoms with Crippen LogP contribution in [0.4, 0.5) is 13.2 Å². The first-order valence-corrected chi connectivity index (χ1v) is 8.51. The number of amides is 1. The van der Waals surface area contributed by atoms with Gasteiger partial charge in [0.15, 0.2) is 0 Å². The molecular weight excluding hydrogens is 437 g/mol. The summed E-state index contributed by atoms with van der Waals surface area (Å²) in [7, 11) is 0. The highest BCUT2D eigenvalue weighted by molar-refractivity contribution is 9.10. The second-order valence-electron chi connectivity index (χ2n) is 5.67. The lowest BCUT2D eigenvalue weighted by Crippen LogP contribution is -2.56. The summed E-state index contributed by atoms with van der Waals surface area (Å²) in [6.45, 7) is 0. The Morgan fingerprint density at radius 2 is 1.88 bits per heavy atom. The van der Waals surface area contributed by atoms with Gasteiger partial charge in [-0.05, 0) is 35.9 Å². The first-order chi connectivity index (χ1) is 12.1. The van der Waals surface area contributed by atoms with Crippen LogP contribution in [0.15, 0.2) is 58.1 Å². The molecule has 1 heterocycles. The van der Waals surface area contributed by atoms with Crippen LogP contribution in [-0.4, -0.2) is 33.6 Å². The van der Waals surface area contributed by atoms with Crippen LogP contribution in [-0.2, 0) is 0 Å². The normalized spacial score (nSPS) is 20.2. The van der Waals surface area contributed by atoms with Crippen molar-refractivity contribution in [2.45, 2.75) is 18.3 Å². The monoisotopic (exact) mass is 446 g/mol. The van der Waals surface area contributed by atoms with Crippen LogP contribution in [0.3, 0.4) is 0 Å². The standard InChI is InChI=1S/C17H11BrClF3N2O2/c18-12-6-4-10(5-7-12)14-9-16(26,17(20,21)22)24(23-14)15(25)11-2-1-3-13(19)8-11/h1-8,26H,9H2/t16-/m0/s1. The number of hydrogen-bond acceptors (Lipinski definition) is 3. The molecule has 0 spiro atoms. The predicted octanol–water partition coefficient (Wildman–Crippen LogP) is 4.60. The van der Waals surface area contributed by atoms with Gasteiger partial charge in [0.2, 0.25) is 0 Å². The van der Waals surface area contributed by atoms with Crippen molar-refractivity contribution < 1.29 is 23.1 Å². The van der Waals surface area contributed by atoms with Crippen molar-refractivity contribution in [1.82, 2.24) is 5.01 Å². The summed E-state index contributed by atoms with van der Waals surface area (Å²) >= 11 is 9.03. The molecule has 2 aromatic carbocycles. The van der Waals surface area contributed by atoms with E-state index in [0.717, 1.165) is 4.47 Å². The molecule has 1 aliphatic heterocycles. The zero-order valence-electron chi connectivity index (χ0n) is 13.0. The summed E-state index contributed by atoms with van der Waals surface area (Å²) in [5.41, 5.74) is -3.22. The van der Waals surface area contributed by atoms with Crippen LogP contribution in [0, 0.1) is 0 Å². The minimum absolute atomic E-state index is 0.0484. The molecule has 0 saturated carbocycles. The van der Waals surface area contributed by atoms with E-state index in [1.165, 1.54) is 24.3 Å². The molecule has 0 fully saturated rings. The van der Waals surface area contributed by atoms with Crippen molar-refractivity contribution in [1.29, 1.82) is 0 Å². The number of halogens is 5. The third-order valence-corrected chi connectivity index (χ3v) is 4.64. The third kappa shape index (κ3) is 3.36. The summed E-state index contributed by atoms with van der Waals surface area (Å²) in [4.78, 5) is 12.6. The number of hydrogen-bond donors (Lipinski definition) is 1. The third-order valence-electron chi connectivity index (χ3n) is 3.88. The first-order valence-electron chi connectivity index (χ1n) is 7.34. The predicted molar refractivity (Wildman–Crippen MR) is 93.9 cm³/mol. The average Bonchev–Trinajstić information content (AvgIpc) is 2.94. The van der Waals surface area contributed by atoms with Gasteiger partial charge in [-0.1, -0.05) is 45.7 Å². The Kier molecular flexibility index (Phi) is 4.85. The first kappa shape index (κ1) is 18.9. The molecular formula is C17H11BrClF3N2O2. The van der Waals surface area contributed by atoms with Gasteiger partial charge in [-0.25, -0.2) is 0 Å². The van der Waals surface area contributed by atoms with Gasteiger partial charge < -0.3 is 5.11 Å². The minimum atomic E-state index is -5.10. The summed E-state index contributed by atoms with van der Waals surface area (Å²) in [6.07, 6.45) is -5.97. The van der Waals surface area contributed by atoms with Crippen molar-refractivity contribution in [3.63, 3.8) is 0 Å². The van der Waals surface area contributed by atoms with Gasteiger partial charge in [0, 0.05) is 15.1 Å². The molecule has 0 bridgehead atoms. The number of aliphatic hydroxyl groups is 1. The van der Waals surface area contributed by atoms with E-state index in [9.17, 15) is 23.1 Å². The fourth-order valence-electron chi connectivity index (χ4n) is 2.53. The van der Waals surface area contributed by atoms with Crippen LogP contribution in [0.25, 0.3) is 0 Å². The molecule has 0 saturated heterocycles. The molecule has 0 aliphatic carbocycles. The summed E-state index contributed by atoms with van der Waals surface area (Å²) < 4.78 is 41.4. The van der Waals surface area contributed by atoms with Gasteiger partial charge in [0.25, 0.3) is 11.6 Å². The molecule has 1 N–H and O–H groups in total. The van der Waals surface area contributed by atoms with E-state index >= 15 is 0 Å². The van der Waals surface area contributed by atoms with Crippen molar-refractivity contribution in [2.24, 2.45) is 5.10 Å². The van der Waals surface area contributed by atoms with Crippen LogP contribution < -0.4 is 0 Å². The van der Waals surface area contributed by atoms with Crippen molar-refractivity contribution in [3.8, 4) is 0 Å². The Hall–Kier alpha value is -1.90. The molecule has 1 aliphatic rings. The van der Waals surface area contributed by atoms with E-state index in [1.807, 2.05) is 0 Å². The van der Waals surface area contributed by atoms with E-state index < -0.39 is 24.2 Å². The van der Waals surface area contributed by atoms with Crippen LogP contribution >= 0.6 is 27.5 Å². The molecule has 4 nitrogen and oxygen atoms in total. The van der Waals surface area contributed by atoms with E-state index in [4.69, 9.17) is 11.6 Å². The van der Waals surface area contributed by atoms with Crippen molar-refractivity contribution >= 4 is 39.1 Å². The Balaban J connectivity index is 2.05. The zero-order valence-corrected chi connectivity index (χ0v) is 15.3. The molecule has 2 aromatic rings. The Morgan fingerprint density at radius 1 is 1.23 bits per heavy atom. The summed E-state index contributed by atoms with van der Waals surface area (Å²) in [5, 5.41) is 14.3. The lowest BCUT2D eigenvalue weighted by Gasteiger charge is -2.32. The zero-order chi connectivity index (χ0) is 19.1. The summed E-state index contributed by atoms with van der Waals surface area (Å²) in [5.74, 6) is -1.10. The molecule has 0 radical (unpaired) electrons. The van der Waals surface area contributed by atoms with Crippen molar-refractivity contribution in [2.75, 3.05) is 0 Å². The number of hydrazone groups is 1. The lowest BCUT2D eigenvalue weighted by molar-refractivity contribution is -0.297. The molecule has 1 amide bonds. The van der Waals surface area contributed by atoms with Gasteiger partial charge in [-0.3, -0.25) is 4.79 Å². The van der Waals surface area contributed by atoms with Gasteiger partial charge in [-0.2, -0.15) is 23.3 Å². The van der Waals surface area contributed by atoms with Gasteiger partial charge >= 0.3 is 6.18 Å². The molecule has 1 atom stereocenters. The number of benzene rings is 2. The van der Waals surface area contributed by atoms with Crippen LogP contribution in [0.1, 0.15) is 22.3 Å². The number of nitrogens with zero attached hydrogens (tertiary/aromatic N) is 2. The highest BCUT2D eigenvalue weighted by Gasteiger charge is 2.63. The average molecular weight is 448 g/mol.